The predicted octanol–water partition coefficient (Wildman–Crippen LogP) is 3.05. The van der Waals surface area contributed by atoms with Crippen LogP contribution in [0.25, 0.3) is 0 Å². The topological polar surface area (TPSA) is 32.6 Å². The van der Waals surface area contributed by atoms with Crippen LogP contribution < -0.4 is 0 Å². The van der Waals surface area contributed by atoms with Crippen LogP contribution in [0.15, 0.2) is 5.16 Å². The van der Waals surface area contributed by atoms with E-state index in [-0.39, 0.29) is 0 Å². The highest BCUT2D eigenvalue weighted by atomic mass is 16.4. The zero-order chi connectivity index (χ0) is 9.60. The van der Waals surface area contributed by atoms with Gasteiger partial charge in [-0.1, -0.05) is 0 Å². The summed E-state index contributed by atoms with van der Waals surface area (Å²) in [5, 5.41) is 11.7. The third-order valence-corrected chi connectivity index (χ3v) is 4.77. The van der Waals surface area contributed by atoms with E-state index in [2.05, 4.69) is 5.16 Å². The van der Waals surface area contributed by atoms with Gasteiger partial charge in [0.05, 0.1) is 0 Å². The van der Waals surface area contributed by atoms with Gasteiger partial charge in [0.25, 0.3) is 0 Å². The summed E-state index contributed by atoms with van der Waals surface area (Å²) in [5.74, 6) is 3.02. The van der Waals surface area contributed by atoms with Gasteiger partial charge in [0, 0.05) is 6.21 Å². The molecule has 0 radical (unpaired) electrons. The lowest BCUT2D eigenvalue weighted by atomic mass is 9.49. The van der Waals surface area contributed by atoms with Crippen LogP contribution in [-0.2, 0) is 0 Å². The van der Waals surface area contributed by atoms with Crippen LogP contribution in [0.5, 0.6) is 0 Å². The van der Waals surface area contributed by atoms with Crippen LogP contribution in [0.4, 0.5) is 0 Å². The average Bonchev–Trinajstić information content (AvgIpc) is 2.12. The van der Waals surface area contributed by atoms with E-state index in [0.29, 0.717) is 5.41 Å². The molecule has 0 saturated heterocycles. The van der Waals surface area contributed by atoms with E-state index < -0.39 is 0 Å². The Bertz CT molecular complexity index is 224. The van der Waals surface area contributed by atoms with Gasteiger partial charge in [0.2, 0.25) is 0 Å². The Morgan fingerprint density at radius 1 is 1.07 bits per heavy atom. The molecule has 78 valence electrons. The minimum Gasteiger partial charge on any atom is -0.411 e. The molecule has 0 aromatic carbocycles. The SMILES string of the molecule is ON=CCC12CC3CC(CC(C3)C1)C2. The molecule has 4 aliphatic carbocycles. The number of hydrogen-bond donors (Lipinski definition) is 1. The molecule has 0 aliphatic heterocycles. The first kappa shape index (κ1) is 8.75. The van der Waals surface area contributed by atoms with Gasteiger partial charge >= 0.3 is 0 Å². The third kappa shape index (κ3) is 1.27. The molecule has 4 aliphatic rings. The Morgan fingerprint density at radius 3 is 2.00 bits per heavy atom. The highest BCUT2D eigenvalue weighted by Gasteiger charge is 2.50. The largest absolute Gasteiger partial charge is 0.411 e. The quantitative estimate of drug-likeness (QED) is 0.408. The van der Waals surface area contributed by atoms with Crippen molar-refractivity contribution in [2.24, 2.45) is 28.3 Å². The fourth-order valence-electron chi connectivity index (χ4n) is 4.77. The molecule has 1 N–H and O–H groups in total. The molecule has 0 aromatic rings. The molecule has 2 nitrogen and oxygen atoms in total. The van der Waals surface area contributed by atoms with Crippen molar-refractivity contribution in [3.05, 3.63) is 0 Å². The summed E-state index contributed by atoms with van der Waals surface area (Å²) in [7, 11) is 0. The standard InChI is InChI=1S/C12H19NO/c14-13-2-1-12-6-9-3-10(7-12)5-11(4-9)8-12/h2,9-11,14H,1,3-8H2. The summed E-state index contributed by atoms with van der Waals surface area (Å²) < 4.78 is 0. The van der Waals surface area contributed by atoms with Gasteiger partial charge < -0.3 is 5.21 Å². The summed E-state index contributed by atoms with van der Waals surface area (Å²) >= 11 is 0. The molecule has 4 rings (SSSR count). The molecular weight excluding hydrogens is 174 g/mol. The van der Waals surface area contributed by atoms with Crippen molar-refractivity contribution in [3.63, 3.8) is 0 Å². The second kappa shape index (κ2) is 2.98. The Hall–Kier alpha value is -0.530. The van der Waals surface area contributed by atoms with E-state index in [4.69, 9.17) is 5.21 Å². The van der Waals surface area contributed by atoms with E-state index in [9.17, 15) is 0 Å². The van der Waals surface area contributed by atoms with Gasteiger partial charge in [-0.3, -0.25) is 0 Å². The predicted molar refractivity (Wildman–Crippen MR) is 55.5 cm³/mol. The molecule has 0 atom stereocenters. The Kier molecular flexibility index (Phi) is 1.86. The van der Waals surface area contributed by atoms with Crippen LogP contribution in [0.3, 0.4) is 0 Å². The molecule has 0 aromatic heterocycles. The minimum absolute atomic E-state index is 0.543. The smallest absolute Gasteiger partial charge is 0.0441 e. The Morgan fingerprint density at radius 2 is 1.57 bits per heavy atom. The summed E-state index contributed by atoms with van der Waals surface area (Å²) in [4.78, 5) is 0. The molecule has 2 heteroatoms. The molecule has 4 bridgehead atoms. The first-order chi connectivity index (χ1) is 6.80. The van der Waals surface area contributed by atoms with Crippen molar-refractivity contribution in [2.75, 3.05) is 0 Å². The Balaban J connectivity index is 1.80. The van der Waals surface area contributed by atoms with Gasteiger partial charge in [-0.25, -0.2) is 0 Å². The van der Waals surface area contributed by atoms with Gasteiger partial charge in [0.1, 0.15) is 0 Å². The molecule has 0 amide bonds. The lowest BCUT2D eigenvalue weighted by Gasteiger charge is -2.56. The second-order valence-corrected chi connectivity index (χ2v) is 5.92. The van der Waals surface area contributed by atoms with Crippen molar-refractivity contribution in [1.82, 2.24) is 0 Å². The summed E-state index contributed by atoms with van der Waals surface area (Å²) in [6.45, 7) is 0. The summed E-state index contributed by atoms with van der Waals surface area (Å²) in [5.41, 5.74) is 0.543. The second-order valence-electron chi connectivity index (χ2n) is 5.92. The molecule has 0 spiro atoms. The fourth-order valence-corrected chi connectivity index (χ4v) is 4.77. The third-order valence-electron chi connectivity index (χ3n) is 4.77. The van der Waals surface area contributed by atoms with Crippen molar-refractivity contribution >= 4 is 6.21 Å². The number of nitrogens with zero attached hydrogens (tertiary/aromatic N) is 1. The van der Waals surface area contributed by atoms with E-state index in [1.807, 2.05) is 0 Å². The normalized spacial score (nSPS) is 50.4. The zero-order valence-electron chi connectivity index (χ0n) is 8.65. The van der Waals surface area contributed by atoms with Gasteiger partial charge in [-0.2, -0.15) is 0 Å². The number of oxime groups is 1. The number of rotatable bonds is 2. The van der Waals surface area contributed by atoms with Gasteiger partial charge in [0.15, 0.2) is 0 Å². The first-order valence-electron chi connectivity index (χ1n) is 5.95. The minimum atomic E-state index is 0.543. The van der Waals surface area contributed by atoms with E-state index in [1.165, 1.54) is 38.5 Å². The van der Waals surface area contributed by atoms with E-state index >= 15 is 0 Å². The highest BCUT2D eigenvalue weighted by Crippen LogP contribution is 2.61. The molecule has 0 heterocycles. The van der Waals surface area contributed by atoms with Gasteiger partial charge in [-0.15, -0.1) is 5.16 Å². The molecule has 14 heavy (non-hydrogen) atoms. The van der Waals surface area contributed by atoms with Crippen molar-refractivity contribution in [3.8, 4) is 0 Å². The summed E-state index contributed by atoms with van der Waals surface area (Å²) in [6.07, 6.45) is 11.5. The molecule has 0 unspecified atom stereocenters. The van der Waals surface area contributed by atoms with Crippen LogP contribution in [-0.4, -0.2) is 11.4 Å². The maximum absolute atomic E-state index is 8.54. The zero-order valence-corrected chi connectivity index (χ0v) is 8.65. The van der Waals surface area contributed by atoms with Crippen LogP contribution in [0, 0.1) is 23.2 Å². The molecular formula is C12H19NO. The van der Waals surface area contributed by atoms with Crippen LogP contribution >= 0.6 is 0 Å². The highest BCUT2D eigenvalue weighted by molar-refractivity contribution is 5.57. The van der Waals surface area contributed by atoms with Crippen LogP contribution in [0.2, 0.25) is 0 Å². The van der Waals surface area contributed by atoms with E-state index in [1.54, 1.807) is 6.21 Å². The van der Waals surface area contributed by atoms with Crippen molar-refractivity contribution in [1.29, 1.82) is 0 Å². The van der Waals surface area contributed by atoms with Crippen LogP contribution in [0.1, 0.15) is 44.9 Å². The average molecular weight is 193 g/mol. The lowest BCUT2D eigenvalue weighted by molar-refractivity contribution is -0.0478. The maximum atomic E-state index is 8.54. The Labute approximate surface area is 85.4 Å². The molecule has 4 saturated carbocycles. The monoisotopic (exact) mass is 193 g/mol. The van der Waals surface area contributed by atoms with Crippen molar-refractivity contribution < 1.29 is 5.21 Å². The summed E-state index contributed by atoms with van der Waals surface area (Å²) in [6, 6.07) is 0. The first-order valence-corrected chi connectivity index (χ1v) is 5.95. The number of hydrogen-bond acceptors (Lipinski definition) is 2. The lowest BCUT2D eigenvalue weighted by Crippen LogP contribution is -2.46. The fraction of sp³-hybridized carbons (Fsp3) is 0.917. The van der Waals surface area contributed by atoms with Crippen molar-refractivity contribution in [2.45, 2.75) is 44.9 Å². The van der Waals surface area contributed by atoms with E-state index in [0.717, 1.165) is 24.2 Å². The molecule has 4 fully saturated rings. The maximum Gasteiger partial charge on any atom is 0.0441 e. The van der Waals surface area contributed by atoms with Gasteiger partial charge in [-0.05, 0) is 68.1 Å².